The molecule has 0 heterocycles. The molecule has 0 aliphatic heterocycles. The highest BCUT2D eigenvalue weighted by Crippen LogP contribution is 2.02. The third-order valence-electron chi connectivity index (χ3n) is 2.89. The fourth-order valence-electron chi connectivity index (χ4n) is 1.71. The predicted molar refractivity (Wildman–Crippen MR) is 75.8 cm³/mol. The van der Waals surface area contributed by atoms with Crippen molar-refractivity contribution in [1.29, 1.82) is 0 Å². The van der Waals surface area contributed by atoms with E-state index < -0.39 is 0 Å². The molecule has 0 bridgehead atoms. The van der Waals surface area contributed by atoms with Crippen LogP contribution in [0, 0.1) is 6.92 Å². The molecule has 0 radical (unpaired) electrons. The highest BCUT2D eigenvalue weighted by atomic mass is 16.2. The van der Waals surface area contributed by atoms with Gasteiger partial charge in [-0.2, -0.15) is 0 Å². The molecular formula is C15H24N2O. The summed E-state index contributed by atoms with van der Waals surface area (Å²) in [5.74, 6) is 0. The van der Waals surface area contributed by atoms with Crippen molar-refractivity contribution in [2.45, 2.75) is 39.5 Å². The molecule has 0 saturated carbocycles. The summed E-state index contributed by atoms with van der Waals surface area (Å²) >= 11 is 0. The average molecular weight is 248 g/mol. The molecule has 3 heteroatoms. The topological polar surface area (TPSA) is 41.1 Å². The summed E-state index contributed by atoms with van der Waals surface area (Å²) in [4.78, 5) is 11.4. The molecule has 0 aromatic heterocycles. The highest BCUT2D eigenvalue weighted by molar-refractivity contribution is 5.73. The Morgan fingerprint density at radius 2 is 1.72 bits per heavy atom. The van der Waals surface area contributed by atoms with Crippen molar-refractivity contribution in [2.24, 2.45) is 0 Å². The second-order valence-corrected chi connectivity index (χ2v) is 4.63. The molecule has 18 heavy (non-hydrogen) atoms. The van der Waals surface area contributed by atoms with Gasteiger partial charge >= 0.3 is 6.03 Å². The fourth-order valence-corrected chi connectivity index (χ4v) is 1.71. The monoisotopic (exact) mass is 248 g/mol. The number of hydrogen-bond donors (Lipinski definition) is 2. The maximum atomic E-state index is 11.4. The zero-order valence-electron chi connectivity index (χ0n) is 11.5. The number of unbranched alkanes of at least 4 members (excludes halogenated alkanes) is 2. The second kappa shape index (κ2) is 8.56. The lowest BCUT2D eigenvalue weighted by atomic mass is 10.1. The molecule has 0 aliphatic rings. The van der Waals surface area contributed by atoms with E-state index in [1.54, 1.807) is 0 Å². The molecule has 0 fully saturated rings. The van der Waals surface area contributed by atoms with E-state index in [4.69, 9.17) is 0 Å². The van der Waals surface area contributed by atoms with Crippen molar-refractivity contribution in [3.8, 4) is 0 Å². The van der Waals surface area contributed by atoms with Gasteiger partial charge in [0.1, 0.15) is 0 Å². The van der Waals surface area contributed by atoms with Crippen molar-refractivity contribution >= 4 is 6.03 Å². The van der Waals surface area contributed by atoms with Gasteiger partial charge in [0.15, 0.2) is 0 Å². The summed E-state index contributed by atoms with van der Waals surface area (Å²) in [6.45, 7) is 5.68. The van der Waals surface area contributed by atoms with Gasteiger partial charge in [0.05, 0.1) is 0 Å². The van der Waals surface area contributed by atoms with Crippen LogP contribution >= 0.6 is 0 Å². The molecule has 2 N–H and O–H groups in total. The van der Waals surface area contributed by atoms with Crippen molar-refractivity contribution in [3.05, 3.63) is 35.4 Å². The number of urea groups is 1. The first-order valence-electron chi connectivity index (χ1n) is 6.79. The quantitative estimate of drug-likeness (QED) is 0.715. The largest absolute Gasteiger partial charge is 0.338 e. The van der Waals surface area contributed by atoms with E-state index in [2.05, 4.69) is 48.7 Å². The molecule has 0 atom stereocenters. The first-order valence-corrected chi connectivity index (χ1v) is 6.79. The van der Waals surface area contributed by atoms with Crippen LogP contribution in [0.1, 0.15) is 37.3 Å². The molecule has 0 aliphatic carbocycles. The molecule has 0 spiro atoms. The number of rotatable bonds is 7. The first-order chi connectivity index (χ1) is 8.72. The Balaban J connectivity index is 2.10. The second-order valence-electron chi connectivity index (χ2n) is 4.63. The summed E-state index contributed by atoms with van der Waals surface area (Å²) < 4.78 is 0. The number of aryl methyl sites for hydroxylation is 1. The van der Waals surface area contributed by atoms with Crippen LogP contribution in [-0.2, 0) is 6.42 Å². The number of hydrogen-bond acceptors (Lipinski definition) is 1. The Morgan fingerprint density at radius 1 is 1.06 bits per heavy atom. The zero-order chi connectivity index (χ0) is 13.2. The maximum Gasteiger partial charge on any atom is 0.314 e. The molecule has 2 amide bonds. The summed E-state index contributed by atoms with van der Waals surface area (Å²) in [7, 11) is 0. The van der Waals surface area contributed by atoms with Crippen molar-refractivity contribution in [2.75, 3.05) is 13.1 Å². The van der Waals surface area contributed by atoms with Crippen molar-refractivity contribution in [3.63, 3.8) is 0 Å². The van der Waals surface area contributed by atoms with Crippen LogP contribution in [0.4, 0.5) is 4.79 Å². The van der Waals surface area contributed by atoms with Crippen LogP contribution < -0.4 is 10.6 Å². The van der Waals surface area contributed by atoms with Crippen LogP contribution in [0.25, 0.3) is 0 Å². The van der Waals surface area contributed by atoms with Crippen LogP contribution in [0.2, 0.25) is 0 Å². The van der Waals surface area contributed by atoms with Gasteiger partial charge in [-0.15, -0.1) is 0 Å². The standard InChI is InChI=1S/C15H24N2O/c1-3-4-5-11-16-15(18)17-12-10-14-8-6-13(2)7-9-14/h6-9H,3-5,10-12H2,1-2H3,(H2,16,17,18). The lowest BCUT2D eigenvalue weighted by molar-refractivity contribution is 0.241. The smallest absolute Gasteiger partial charge is 0.314 e. The minimum absolute atomic E-state index is 0.0572. The molecular weight excluding hydrogens is 224 g/mol. The van der Waals surface area contributed by atoms with Crippen LogP contribution in [0.3, 0.4) is 0 Å². The Kier molecular flexibility index (Phi) is 6.92. The molecule has 1 rings (SSSR count). The SMILES string of the molecule is CCCCCNC(=O)NCCc1ccc(C)cc1. The zero-order valence-corrected chi connectivity index (χ0v) is 11.5. The van der Waals surface area contributed by atoms with E-state index in [0.717, 1.165) is 19.4 Å². The minimum Gasteiger partial charge on any atom is -0.338 e. The Morgan fingerprint density at radius 3 is 2.39 bits per heavy atom. The number of carbonyl (C=O) groups is 1. The number of nitrogens with one attached hydrogen (secondary N) is 2. The van der Waals surface area contributed by atoms with Gasteiger partial charge in [0, 0.05) is 13.1 Å². The minimum atomic E-state index is -0.0572. The summed E-state index contributed by atoms with van der Waals surface area (Å²) in [5, 5.41) is 5.74. The molecule has 3 nitrogen and oxygen atoms in total. The Hall–Kier alpha value is -1.51. The van der Waals surface area contributed by atoms with Gasteiger partial charge in [0.2, 0.25) is 0 Å². The van der Waals surface area contributed by atoms with Gasteiger partial charge < -0.3 is 10.6 Å². The number of carbonyl (C=O) groups excluding carboxylic acids is 1. The Labute approximate surface area is 110 Å². The predicted octanol–water partition coefficient (Wildman–Crippen LogP) is 3.03. The molecule has 0 saturated heterocycles. The average Bonchev–Trinajstić information content (AvgIpc) is 2.37. The van der Waals surface area contributed by atoms with Gasteiger partial charge in [-0.25, -0.2) is 4.79 Å². The molecule has 0 unspecified atom stereocenters. The molecule has 1 aromatic carbocycles. The first kappa shape index (κ1) is 14.6. The highest BCUT2D eigenvalue weighted by Gasteiger charge is 1.98. The van der Waals surface area contributed by atoms with E-state index in [1.807, 2.05) is 0 Å². The Bertz CT molecular complexity index is 346. The summed E-state index contributed by atoms with van der Waals surface area (Å²) in [5.41, 5.74) is 2.52. The van der Waals surface area contributed by atoms with Crippen LogP contribution in [-0.4, -0.2) is 19.1 Å². The van der Waals surface area contributed by atoms with Crippen molar-refractivity contribution in [1.82, 2.24) is 10.6 Å². The fraction of sp³-hybridized carbons (Fsp3) is 0.533. The van der Waals surface area contributed by atoms with E-state index in [0.29, 0.717) is 6.54 Å². The van der Waals surface area contributed by atoms with Gasteiger partial charge in [-0.3, -0.25) is 0 Å². The normalized spacial score (nSPS) is 10.1. The summed E-state index contributed by atoms with van der Waals surface area (Å²) in [6.07, 6.45) is 4.28. The van der Waals surface area contributed by atoms with E-state index in [-0.39, 0.29) is 6.03 Å². The lowest BCUT2D eigenvalue weighted by Gasteiger charge is -2.07. The maximum absolute atomic E-state index is 11.4. The third-order valence-corrected chi connectivity index (χ3v) is 2.89. The van der Waals surface area contributed by atoms with Crippen LogP contribution in [0.5, 0.6) is 0 Å². The third kappa shape index (κ3) is 6.28. The molecule has 1 aromatic rings. The van der Waals surface area contributed by atoms with Crippen LogP contribution in [0.15, 0.2) is 24.3 Å². The lowest BCUT2D eigenvalue weighted by Crippen LogP contribution is -2.37. The summed E-state index contributed by atoms with van der Waals surface area (Å²) in [6, 6.07) is 8.35. The number of benzene rings is 1. The van der Waals surface area contributed by atoms with E-state index in [1.165, 1.54) is 24.0 Å². The van der Waals surface area contributed by atoms with E-state index in [9.17, 15) is 4.79 Å². The van der Waals surface area contributed by atoms with Crippen molar-refractivity contribution < 1.29 is 4.79 Å². The molecule has 100 valence electrons. The van der Waals surface area contributed by atoms with Gasteiger partial charge in [-0.1, -0.05) is 49.6 Å². The van der Waals surface area contributed by atoms with Gasteiger partial charge in [-0.05, 0) is 25.3 Å². The van der Waals surface area contributed by atoms with E-state index >= 15 is 0 Å². The van der Waals surface area contributed by atoms with Gasteiger partial charge in [0.25, 0.3) is 0 Å². The number of amides is 2.